The van der Waals surface area contributed by atoms with E-state index in [-0.39, 0.29) is 0 Å². The highest BCUT2D eigenvalue weighted by Crippen LogP contribution is 2.44. The van der Waals surface area contributed by atoms with Crippen LogP contribution in [0.15, 0.2) is 72.8 Å². The summed E-state index contributed by atoms with van der Waals surface area (Å²) in [6.45, 7) is 0. The summed E-state index contributed by atoms with van der Waals surface area (Å²) in [6, 6.07) is 19.9. The fourth-order valence-corrected chi connectivity index (χ4v) is 4.13. The van der Waals surface area contributed by atoms with Crippen molar-refractivity contribution in [2.75, 3.05) is 14.2 Å². The van der Waals surface area contributed by atoms with Crippen molar-refractivity contribution in [3.63, 3.8) is 0 Å². The number of carbonyl (C=O) groups excluding carboxylic acids is 2. The van der Waals surface area contributed by atoms with Crippen LogP contribution in [0.1, 0.15) is 11.1 Å². The van der Waals surface area contributed by atoms with Gasteiger partial charge in [-0.3, -0.25) is 9.59 Å². The maximum atomic E-state index is 12.5. The van der Waals surface area contributed by atoms with E-state index in [0.717, 1.165) is 22.3 Å². The van der Waals surface area contributed by atoms with Crippen molar-refractivity contribution in [3.05, 3.63) is 83.9 Å². The maximum Gasteiger partial charge on any atom is 0.312 e. The molecular weight excluding hydrogens is 368 g/mol. The van der Waals surface area contributed by atoms with Crippen LogP contribution in [0.25, 0.3) is 11.1 Å². The predicted molar refractivity (Wildman–Crippen MR) is 109 cm³/mol. The molecule has 1 fully saturated rings. The third kappa shape index (κ3) is 3.49. The third-order valence-corrected chi connectivity index (χ3v) is 5.48. The van der Waals surface area contributed by atoms with Crippen molar-refractivity contribution < 1.29 is 23.8 Å². The van der Waals surface area contributed by atoms with Crippen LogP contribution in [-0.4, -0.2) is 38.4 Å². The van der Waals surface area contributed by atoms with E-state index in [1.807, 2.05) is 72.8 Å². The Morgan fingerprint density at radius 2 is 1.07 bits per heavy atom. The molecule has 2 heterocycles. The molecule has 0 saturated carbocycles. The van der Waals surface area contributed by atoms with Gasteiger partial charge in [-0.05, 0) is 34.4 Å². The number of hydrogen-bond acceptors (Lipinski definition) is 5. The topological polar surface area (TPSA) is 61.8 Å². The fraction of sp³-hybridized carbons (Fsp3) is 0.250. The van der Waals surface area contributed by atoms with Gasteiger partial charge in [0.2, 0.25) is 0 Å². The Hall–Kier alpha value is -3.18. The van der Waals surface area contributed by atoms with Gasteiger partial charge >= 0.3 is 11.9 Å². The van der Waals surface area contributed by atoms with E-state index in [2.05, 4.69) is 0 Å². The molecule has 0 radical (unpaired) electrons. The van der Waals surface area contributed by atoms with E-state index in [1.54, 1.807) is 0 Å². The first-order chi connectivity index (χ1) is 14.1. The summed E-state index contributed by atoms with van der Waals surface area (Å²) < 4.78 is 16.1. The zero-order valence-electron chi connectivity index (χ0n) is 16.3. The normalized spacial score (nSPS) is 25.4. The molecule has 0 unspecified atom stereocenters. The fourth-order valence-electron chi connectivity index (χ4n) is 4.13. The van der Waals surface area contributed by atoms with E-state index in [4.69, 9.17) is 14.2 Å². The van der Waals surface area contributed by atoms with Crippen molar-refractivity contribution >= 4 is 23.1 Å². The SMILES string of the molecule is COC(=O)[C@@H]1[C@H](C(=O)OC)[C@H]2C=C(c3ccccc3)C(c3ccccc3)=C[C@@H]1O2. The highest BCUT2D eigenvalue weighted by molar-refractivity contribution is 6.06. The van der Waals surface area contributed by atoms with Crippen molar-refractivity contribution in [3.8, 4) is 0 Å². The number of hydrogen-bond donors (Lipinski definition) is 0. The number of allylic oxidation sites excluding steroid dienone is 2. The van der Waals surface area contributed by atoms with Gasteiger partial charge in [0.05, 0.1) is 26.4 Å². The first-order valence-corrected chi connectivity index (χ1v) is 9.50. The molecule has 2 bridgehead atoms. The molecule has 148 valence electrons. The number of ether oxygens (including phenoxy) is 3. The lowest BCUT2D eigenvalue weighted by molar-refractivity contribution is -0.156. The van der Waals surface area contributed by atoms with Crippen molar-refractivity contribution in [2.45, 2.75) is 12.2 Å². The number of methoxy groups -OCH3 is 2. The molecule has 2 aliphatic heterocycles. The second kappa shape index (κ2) is 8.05. The van der Waals surface area contributed by atoms with Gasteiger partial charge in [0, 0.05) is 0 Å². The largest absolute Gasteiger partial charge is 0.469 e. The van der Waals surface area contributed by atoms with Crippen molar-refractivity contribution in [1.82, 2.24) is 0 Å². The van der Waals surface area contributed by atoms with Crippen molar-refractivity contribution in [1.29, 1.82) is 0 Å². The van der Waals surface area contributed by atoms with Crippen LogP contribution in [0.2, 0.25) is 0 Å². The zero-order chi connectivity index (χ0) is 20.4. The van der Waals surface area contributed by atoms with E-state index in [0.29, 0.717) is 0 Å². The highest BCUT2D eigenvalue weighted by Gasteiger charge is 2.53. The monoisotopic (exact) mass is 390 g/mol. The third-order valence-electron chi connectivity index (χ3n) is 5.48. The average Bonchev–Trinajstić information content (AvgIpc) is 3.01. The van der Waals surface area contributed by atoms with Crippen LogP contribution < -0.4 is 0 Å². The van der Waals surface area contributed by atoms with Gasteiger partial charge in [0.1, 0.15) is 11.8 Å². The molecule has 0 amide bonds. The van der Waals surface area contributed by atoms with Gasteiger partial charge in [0.25, 0.3) is 0 Å². The molecule has 0 aliphatic carbocycles. The minimum absolute atomic E-state index is 0.479. The molecule has 2 aliphatic rings. The number of fused-ring (bicyclic) bond motifs is 2. The first kappa shape index (κ1) is 19.2. The second-order valence-electron chi connectivity index (χ2n) is 7.06. The predicted octanol–water partition coefficient (Wildman–Crippen LogP) is 3.51. The summed E-state index contributed by atoms with van der Waals surface area (Å²) in [5, 5.41) is 0. The summed E-state index contributed by atoms with van der Waals surface area (Å²) in [7, 11) is 2.64. The molecular formula is C24H22O5. The molecule has 2 aromatic rings. The molecule has 4 atom stereocenters. The van der Waals surface area contributed by atoms with E-state index < -0.39 is 36.0 Å². The quantitative estimate of drug-likeness (QED) is 0.748. The molecule has 2 aromatic carbocycles. The number of benzene rings is 2. The summed E-state index contributed by atoms with van der Waals surface area (Å²) in [5.41, 5.74) is 3.94. The van der Waals surface area contributed by atoms with Gasteiger partial charge in [0.15, 0.2) is 0 Å². The van der Waals surface area contributed by atoms with Gasteiger partial charge in [-0.2, -0.15) is 0 Å². The summed E-state index contributed by atoms with van der Waals surface area (Å²) in [4.78, 5) is 25.1. The first-order valence-electron chi connectivity index (χ1n) is 9.50. The van der Waals surface area contributed by atoms with Crippen LogP contribution in [0.3, 0.4) is 0 Å². The minimum atomic E-state index is -0.760. The Morgan fingerprint density at radius 3 is 1.41 bits per heavy atom. The lowest BCUT2D eigenvalue weighted by atomic mass is 9.80. The second-order valence-corrected chi connectivity index (χ2v) is 7.06. The van der Waals surface area contributed by atoms with E-state index in [9.17, 15) is 9.59 Å². The standard InChI is InChI=1S/C24H22O5/c1-27-23(25)21-19-13-17(15-9-5-3-6-10-15)18(16-11-7-4-8-12-16)14-20(29-19)22(21)24(26)28-2/h3-14,19-22H,1-2H3/t19-,20+,21-,22+. The van der Waals surface area contributed by atoms with Crippen LogP contribution in [0.4, 0.5) is 0 Å². The molecule has 5 nitrogen and oxygen atoms in total. The van der Waals surface area contributed by atoms with Crippen LogP contribution in [0, 0.1) is 11.8 Å². The van der Waals surface area contributed by atoms with Gasteiger partial charge in [-0.1, -0.05) is 60.7 Å². The van der Waals surface area contributed by atoms with Gasteiger partial charge in [-0.15, -0.1) is 0 Å². The molecule has 4 rings (SSSR count). The number of rotatable bonds is 4. The van der Waals surface area contributed by atoms with E-state index in [1.165, 1.54) is 14.2 Å². The number of carbonyl (C=O) groups is 2. The molecule has 29 heavy (non-hydrogen) atoms. The van der Waals surface area contributed by atoms with Crippen LogP contribution >= 0.6 is 0 Å². The van der Waals surface area contributed by atoms with Gasteiger partial charge < -0.3 is 14.2 Å². The van der Waals surface area contributed by atoms with Crippen LogP contribution in [-0.2, 0) is 23.8 Å². The Kier molecular flexibility index (Phi) is 5.32. The maximum absolute atomic E-state index is 12.5. The summed E-state index contributed by atoms with van der Waals surface area (Å²) in [6.07, 6.45) is 2.67. The van der Waals surface area contributed by atoms with Gasteiger partial charge in [-0.25, -0.2) is 0 Å². The summed E-state index contributed by atoms with van der Waals surface area (Å²) >= 11 is 0. The molecule has 0 N–H and O–H groups in total. The Labute approximate surface area is 169 Å². The number of esters is 2. The average molecular weight is 390 g/mol. The zero-order valence-corrected chi connectivity index (χ0v) is 16.3. The highest BCUT2D eigenvalue weighted by atomic mass is 16.5. The molecule has 1 saturated heterocycles. The Morgan fingerprint density at radius 1 is 0.690 bits per heavy atom. The lowest BCUT2D eigenvalue weighted by Gasteiger charge is -2.22. The van der Waals surface area contributed by atoms with Crippen LogP contribution in [0.5, 0.6) is 0 Å². The van der Waals surface area contributed by atoms with E-state index >= 15 is 0 Å². The minimum Gasteiger partial charge on any atom is -0.469 e. The molecule has 0 spiro atoms. The Balaban J connectivity index is 1.88. The molecule has 0 aromatic heterocycles. The smallest absolute Gasteiger partial charge is 0.312 e. The Bertz CT molecular complexity index is 882. The molecule has 5 heteroatoms. The van der Waals surface area contributed by atoms with Crippen molar-refractivity contribution in [2.24, 2.45) is 11.8 Å². The lowest BCUT2D eigenvalue weighted by Crippen LogP contribution is -2.36. The summed E-state index contributed by atoms with van der Waals surface area (Å²) in [5.74, 6) is -2.48.